The summed E-state index contributed by atoms with van der Waals surface area (Å²) in [4.78, 5) is 6.80. The Kier molecular flexibility index (Phi) is 3.27. The molecule has 2 atom stereocenters. The molecule has 1 aromatic rings. The van der Waals surface area contributed by atoms with Crippen LogP contribution in [-0.2, 0) is 6.54 Å². The maximum absolute atomic E-state index is 5.87. The first-order valence-corrected chi connectivity index (χ1v) is 5.88. The Morgan fingerprint density at radius 3 is 2.87 bits per heavy atom. The fourth-order valence-electron chi connectivity index (χ4n) is 2.35. The van der Waals surface area contributed by atoms with Gasteiger partial charge in [0.2, 0.25) is 0 Å². The van der Waals surface area contributed by atoms with E-state index in [0.29, 0.717) is 11.2 Å². The number of halogens is 1. The number of pyridine rings is 1. The highest BCUT2D eigenvalue weighted by Gasteiger charge is 2.25. The van der Waals surface area contributed by atoms with Crippen LogP contribution in [0.25, 0.3) is 0 Å². The second kappa shape index (κ2) is 4.50. The summed E-state index contributed by atoms with van der Waals surface area (Å²) < 4.78 is 0. The van der Waals surface area contributed by atoms with Crippen LogP contribution in [0.5, 0.6) is 0 Å². The van der Waals surface area contributed by atoms with Gasteiger partial charge in [-0.3, -0.25) is 4.90 Å². The molecule has 0 aliphatic carbocycles. The van der Waals surface area contributed by atoms with Crippen molar-refractivity contribution in [1.82, 2.24) is 9.88 Å². The molecule has 1 fully saturated rings. The van der Waals surface area contributed by atoms with Gasteiger partial charge in [0.15, 0.2) is 0 Å². The van der Waals surface area contributed by atoms with Crippen LogP contribution in [0.3, 0.4) is 0 Å². The van der Waals surface area contributed by atoms with Crippen LogP contribution in [0.1, 0.15) is 26.0 Å². The molecule has 0 bridgehead atoms. The minimum absolute atomic E-state index is 0.590. The van der Waals surface area contributed by atoms with Gasteiger partial charge in [-0.1, -0.05) is 24.6 Å². The average Bonchev–Trinajstić information content (AvgIpc) is 2.45. The third kappa shape index (κ3) is 2.70. The minimum atomic E-state index is 0.590. The normalized spacial score (nSPS) is 27.1. The molecule has 0 aromatic carbocycles. The van der Waals surface area contributed by atoms with Crippen molar-refractivity contribution in [3.8, 4) is 0 Å². The standard InChI is InChI=1S/C12H17ClN2/c1-9-6-10(2)15(7-9)8-11-4-3-5-12(13)14-11/h3-5,9-10H,6-8H2,1-2H3. The predicted molar refractivity (Wildman–Crippen MR) is 62.9 cm³/mol. The first-order chi connectivity index (χ1) is 7.15. The monoisotopic (exact) mass is 224 g/mol. The highest BCUT2D eigenvalue weighted by molar-refractivity contribution is 6.29. The minimum Gasteiger partial charge on any atom is -0.295 e. The van der Waals surface area contributed by atoms with Crippen LogP contribution >= 0.6 is 11.6 Å². The Bertz CT molecular complexity index is 340. The van der Waals surface area contributed by atoms with Crippen molar-refractivity contribution < 1.29 is 0 Å². The van der Waals surface area contributed by atoms with Crippen LogP contribution in [0.2, 0.25) is 5.15 Å². The molecule has 15 heavy (non-hydrogen) atoms. The summed E-state index contributed by atoms with van der Waals surface area (Å²) in [5.74, 6) is 0.805. The van der Waals surface area contributed by atoms with E-state index in [1.807, 2.05) is 18.2 Å². The molecule has 82 valence electrons. The number of nitrogens with zero attached hydrogens (tertiary/aromatic N) is 2. The van der Waals surface area contributed by atoms with Gasteiger partial charge >= 0.3 is 0 Å². The van der Waals surface area contributed by atoms with E-state index in [9.17, 15) is 0 Å². The molecule has 1 aliphatic rings. The van der Waals surface area contributed by atoms with Crippen molar-refractivity contribution in [2.24, 2.45) is 5.92 Å². The Morgan fingerprint density at radius 2 is 2.27 bits per heavy atom. The SMILES string of the molecule is CC1CC(C)N(Cc2cccc(Cl)n2)C1. The lowest BCUT2D eigenvalue weighted by Crippen LogP contribution is -2.26. The van der Waals surface area contributed by atoms with Crippen molar-refractivity contribution in [2.75, 3.05) is 6.54 Å². The molecule has 3 heteroatoms. The summed E-state index contributed by atoms with van der Waals surface area (Å²) >= 11 is 5.87. The van der Waals surface area contributed by atoms with Gasteiger partial charge in [-0.05, 0) is 31.4 Å². The second-order valence-corrected chi connectivity index (χ2v) is 4.96. The number of hydrogen-bond donors (Lipinski definition) is 0. The molecule has 0 spiro atoms. The summed E-state index contributed by atoms with van der Waals surface area (Å²) in [6, 6.07) is 6.50. The Balaban J connectivity index is 2.03. The predicted octanol–water partition coefficient (Wildman–Crippen LogP) is 2.97. The van der Waals surface area contributed by atoms with Crippen LogP contribution in [0.15, 0.2) is 18.2 Å². The molecule has 0 radical (unpaired) electrons. The lowest BCUT2D eigenvalue weighted by molar-refractivity contribution is 0.253. The summed E-state index contributed by atoms with van der Waals surface area (Å²) in [6.45, 7) is 6.69. The number of likely N-dealkylation sites (tertiary alicyclic amines) is 1. The molecule has 2 rings (SSSR count). The summed E-state index contributed by atoms with van der Waals surface area (Å²) in [5.41, 5.74) is 1.07. The third-order valence-corrected chi connectivity index (χ3v) is 3.26. The van der Waals surface area contributed by atoms with Crippen molar-refractivity contribution in [3.63, 3.8) is 0 Å². The molecule has 1 saturated heterocycles. The molecule has 1 aliphatic heterocycles. The van der Waals surface area contributed by atoms with E-state index < -0.39 is 0 Å². The lowest BCUT2D eigenvalue weighted by Gasteiger charge is -2.20. The van der Waals surface area contributed by atoms with Crippen molar-refractivity contribution in [3.05, 3.63) is 29.0 Å². The Hall–Kier alpha value is -0.600. The van der Waals surface area contributed by atoms with Gasteiger partial charge in [0, 0.05) is 19.1 Å². The highest BCUT2D eigenvalue weighted by atomic mass is 35.5. The van der Waals surface area contributed by atoms with E-state index in [1.54, 1.807) is 0 Å². The number of aromatic nitrogens is 1. The van der Waals surface area contributed by atoms with E-state index in [-0.39, 0.29) is 0 Å². The van der Waals surface area contributed by atoms with Crippen LogP contribution < -0.4 is 0 Å². The zero-order valence-electron chi connectivity index (χ0n) is 9.28. The Morgan fingerprint density at radius 1 is 1.47 bits per heavy atom. The fraction of sp³-hybridized carbons (Fsp3) is 0.583. The molecule has 2 unspecified atom stereocenters. The van der Waals surface area contributed by atoms with Gasteiger partial charge in [-0.2, -0.15) is 0 Å². The molecular weight excluding hydrogens is 208 g/mol. The summed E-state index contributed by atoms with van der Waals surface area (Å²) in [5, 5.41) is 0.590. The van der Waals surface area contributed by atoms with Crippen molar-refractivity contribution in [2.45, 2.75) is 32.9 Å². The van der Waals surface area contributed by atoms with E-state index in [1.165, 1.54) is 13.0 Å². The Labute approximate surface area is 96.3 Å². The highest BCUT2D eigenvalue weighted by Crippen LogP contribution is 2.23. The summed E-state index contributed by atoms with van der Waals surface area (Å²) in [6.07, 6.45) is 1.29. The largest absolute Gasteiger partial charge is 0.295 e. The maximum atomic E-state index is 5.87. The first-order valence-electron chi connectivity index (χ1n) is 5.50. The lowest BCUT2D eigenvalue weighted by atomic mass is 10.1. The van der Waals surface area contributed by atoms with Crippen LogP contribution in [-0.4, -0.2) is 22.5 Å². The molecule has 0 saturated carbocycles. The van der Waals surface area contributed by atoms with E-state index >= 15 is 0 Å². The average molecular weight is 225 g/mol. The molecule has 0 amide bonds. The van der Waals surface area contributed by atoms with E-state index in [0.717, 1.165) is 18.2 Å². The topological polar surface area (TPSA) is 16.1 Å². The van der Waals surface area contributed by atoms with Crippen LogP contribution in [0, 0.1) is 5.92 Å². The van der Waals surface area contributed by atoms with Gasteiger partial charge in [-0.25, -0.2) is 4.98 Å². The maximum Gasteiger partial charge on any atom is 0.129 e. The number of rotatable bonds is 2. The fourth-order valence-corrected chi connectivity index (χ4v) is 2.53. The molecule has 0 N–H and O–H groups in total. The van der Waals surface area contributed by atoms with E-state index in [4.69, 9.17) is 11.6 Å². The quantitative estimate of drug-likeness (QED) is 0.719. The third-order valence-electron chi connectivity index (χ3n) is 3.05. The first kappa shape index (κ1) is 10.9. The van der Waals surface area contributed by atoms with Gasteiger partial charge in [0.05, 0.1) is 5.69 Å². The molecule has 1 aromatic heterocycles. The zero-order valence-corrected chi connectivity index (χ0v) is 10.0. The van der Waals surface area contributed by atoms with Gasteiger partial charge in [0.1, 0.15) is 5.15 Å². The molecule has 2 heterocycles. The van der Waals surface area contributed by atoms with Crippen LogP contribution in [0.4, 0.5) is 0 Å². The second-order valence-electron chi connectivity index (χ2n) is 4.57. The van der Waals surface area contributed by atoms with Gasteiger partial charge in [-0.15, -0.1) is 0 Å². The zero-order chi connectivity index (χ0) is 10.8. The van der Waals surface area contributed by atoms with Crippen molar-refractivity contribution >= 4 is 11.6 Å². The molecule has 2 nitrogen and oxygen atoms in total. The number of hydrogen-bond acceptors (Lipinski definition) is 2. The smallest absolute Gasteiger partial charge is 0.129 e. The van der Waals surface area contributed by atoms with Crippen molar-refractivity contribution in [1.29, 1.82) is 0 Å². The molecular formula is C12H17ClN2. The van der Waals surface area contributed by atoms with E-state index in [2.05, 4.69) is 23.7 Å². The van der Waals surface area contributed by atoms with Gasteiger partial charge < -0.3 is 0 Å². The van der Waals surface area contributed by atoms with Gasteiger partial charge in [0.25, 0.3) is 0 Å². The summed E-state index contributed by atoms with van der Waals surface area (Å²) in [7, 11) is 0.